The van der Waals surface area contributed by atoms with Crippen molar-refractivity contribution >= 4 is 11.3 Å². The summed E-state index contributed by atoms with van der Waals surface area (Å²) in [5.74, 6) is 6.29. The van der Waals surface area contributed by atoms with Crippen LogP contribution in [0.2, 0.25) is 0 Å². The molecule has 19 heavy (non-hydrogen) atoms. The van der Waals surface area contributed by atoms with Gasteiger partial charge < -0.3 is 9.47 Å². The van der Waals surface area contributed by atoms with Crippen LogP contribution in [0.25, 0.3) is 0 Å². The van der Waals surface area contributed by atoms with Crippen molar-refractivity contribution in [2.45, 2.75) is 37.3 Å². The maximum Gasteiger partial charge on any atom is 0.0794 e. The van der Waals surface area contributed by atoms with Crippen LogP contribution in [0.15, 0.2) is 11.7 Å². The highest BCUT2D eigenvalue weighted by atomic mass is 32.1. The smallest absolute Gasteiger partial charge is 0.0794 e. The Morgan fingerprint density at radius 1 is 1.42 bits per heavy atom. The van der Waals surface area contributed by atoms with E-state index in [0.29, 0.717) is 5.92 Å². The molecule has 2 saturated heterocycles. The lowest BCUT2D eigenvalue weighted by Crippen LogP contribution is -2.47. The van der Waals surface area contributed by atoms with Crippen LogP contribution in [0.3, 0.4) is 0 Å². The minimum absolute atomic E-state index is 0.0148. The summed E-state index contributed by atoms with van der Waals surface area (Å²) in [4.78, 5) is 5.38. The first-order chi connectivity index (χ1) is 9.33. The average molecular weight is 283 g/mol. The van der Waals surface area contributed by atoms with E-state index < -0.39 is 0 Å². The summed E-state index contributed by atoms with van der Waals surface area (Å²) in [7, 11) is 0. The number of hydrazine groups is 1. The summed E-state index contributed by atoms with van der Waals surface area (Å²) in [5, 5.41) is 0. The number of rotatable bonds is 3. The fraction of sp³-hybridized carbons (Fsp3) is 0.769. The lowest BCUT2D eigenvalue weighted by molar-refractivity contribution is -0.150. The van der Waals surface area contributed by atoms with Gasteiger partial charge in [-0.1, -0.05) is 0 Å². The Morgan fingerprint density at radius 2 is 2.26 bits per heavy atom. The van der Waals surface area contributed by atoms with Crippen molar-refractivity contribution in [2.75, 3.05) is 19.8 Å². The molecule has 1 aromatic rings. The molecular weight excluding hydrogens is 262 g/mol. The topological polar surface area (TPSA) is 69.4 Å². The molecule has 5 nitrogen and oxygen atoms in total. The zero-order valence-electron chi connectivity index (χ0n) is 11.0. The number of aromatic nitrogens is 1. The zero-order chi connectivity index (χ0) is 13.1. The van der Waals surface area contributed by atoms with E-state index in [1.54, 1.807) is 11.3 Å². The zero-order valence-corrected chi connectivity index (χ0v) is 11.8. The molecule has 2 atom stereocenters. The van der Waals surface area contributed by atoms with E-state index in [1.807, 2.05) is 11.7 Å². The Balaban J connectivity index is 1.73. The van der Waals surface area contributed by atoms with Crippen molar-refractivity contribution in [2.24, 2.45) is 11.8 Å². The van der Waals surface area contributed by atoms with Crippen molar-refractivity contribution in [1.82, 2.24) is 10.4 Å². The Kier molecular flexibility index (Phi) is 4.14. The second-order valence-electron chi connectivity index (χ2n) is 5.44. The molecule has 2 unspecified atom stereocenters. The summed E-state index contributed by atoms with van der Waals surface area (Å²) in [6.45, 7) is 2.45. The van der Waals surface area contributed by atoms with Gasteiger partial charge in [-0.2, -0.15) is 0 Å². The summed E-state index contributed by atoms with van der Waals surface area (Å²) in [6, 6.07) is 0.191. The molecule has 0 bridgehead atoms. The first-order valence-corrected chi connectivity index (χ1v) is 7.77. The van der Waals surface area contributed by atoms with E-state index in [9.17, 15) is 0 Å². The number of thiazole rings is 1. The number of nitrogens with zero attached hydrogens (tertiary/aromatic N) is 1. The monoisotopic (exact) mass is 283 g/mol. The van der Waals surface area contributed by atoms with Gasteiger partial charge in [-0.25, -0.2) is 0 Å². The molecule has 3 heterocycles. The van der Waals surface area contributed by atoms with E-state index >= 15 is 0 Å². The minimum Gasteiger partial charge on any atom is -0.381 e. The quantitative estimate of drug-likeness (QED) is 0.652. The van der Waals surface area contributed by atoms with Crippen LogP contribution in [0.4, 0.5) is 0 Å². The lowest BCUT2D eigenvalue weighted by atomic mass is 9.77. The van der Waals surface area contributed by atoms with Crippen LogP contribution in [0.5, 0.6) is 0 Å². The standard InChI is InChI=1S/C13H21N3O2S/c14-16-12(11-8-15-9-19-11)10-1-4-18-13(7-10)2-5-17-6-3-13/h8-10,12,16H,1-7,14H2. The summed E-state index contributed by atoms with van der Waals surface area (Å²) >= 11 is 1.67. The highest BCUT2D eigenvalue weighted by Gasteiger charge is 2.41. The predicted molar refractivity (Wildman–Crippen MR) is 73.6 cm³/mol. The van der Waals surface area contributed by atoms with Gasteiger partial charge in [0.1, 0.15) is 0 Å². The van der Waals surface area contributed by atoms with Gasteiger partial charge in [-0.05, 0) is 31.6 Å². The van der Waals surface area contributed by atoms with Crippen molar-refractivity contribution in [3.8, 4) is 0 Å². The van der Waals surface area contributed by atoms with Gasteiger partial charge in [-0.15, -0.1) is 11.3 Å². The van der Waals surface area contributed by atoms with Gasteiger partial charge in [0, 0.05) is 30.9 Å². The number of ether oxygens (including phenoxy) is 2. The molecular formula is C13H21N3O2S. The first-order valence-electron chi connectivity index (χ1n) is 6.89. The van der Waals surface area contributed by atoms with Crippen molar-refractivity contribution in [1.29, 1.82) is 0 Å². The van der Waals surface area contributed by atoms with Crippen LogP contribution in [-0.2, 0) is 9.47 Å². The molecule has 2 aliphatic heterocycles. The lowest BCUT2D eigenvalue weighted by Gasteiger charge is -2.45. The second-order valence-corrected chi connectivity index (χ2v) is 6.36. The third-order valence-corrected chi connectivity index (χ3v) is 5.20. The van der Waals surface area contributed by atoms with Gasteiger partial charge in [-0.3, -0.25) is 16.3 Å². The molecule has 0 amide bonds. The van der Waals surface area contributed by atoms with Crippen molar-refractivity contribution in [3.05, 3.63) is 16.6 Å². The van der Waals surface area contributed by atoms with Crippen LogP contribution in [0.1, 0.15) is 36.6 Å². The molecule has 0 aromatic carbocycles. The van der Waals surface area contributed by atoms with E-state index in [2.05, 4.69) is 10.4 Å². The Morgan fingerprint density at radius 3 is 2.95 bits per heavy atom. The summed E-state index contributed by atoms with van der Waals surface area (Å²) in [5.41, 5.74) is 4.86. The van der Waals surface area contributed by atoms with Crippen LogP contribution >= 0.6 is 11.3 Å². The normalized spacial score (nSPS) is 28.4. The highest BCUT2D eigenvalue weighted by molar-refractivity contribution is 7.09. The van der Waals surface area contributed by atoms with Crippen LogP contribution in [-0.4, -0.2) is 30.4 Å². The van der Waals surface area contributed by atoms with Gasteiger partial charge in [0.15, 0.2) is 0 Å². The molecule has 2 aliphatic rings. The van der Waals surface area contributed by atoms with Crippen LogP contribution < -0.4 is 11.3 Å². The highest BCUT2D eigenvalue weighted by Crippen LogP contribution is 2.42. The SMILES string of the molecule is NNC(c1cncs1)C1CCOC2(CCOCC2)C1. The number of hydrogen-bond donors (Lipinski definition) is 2. The molecule has 3 rings (SSSR count). The molecule has 0 saturated carbocycles. The summed E-state index contributed by atoms with van der Waals surface area (Å²) in [6.07, 6.45) is 6.03. The third-order valence-electron chi connectivity index (χ3n) is 4.34. The molecule has 2 fully saturated rings. The maximum atomic E-state index is 6.09. The largest absolute Gasteiger partial charge is 0.381 e. The maximum absolute atomic E-state index is 6.09. The predicted octanol–water partition coefficient (Wildman–Crippen LogP) is 1.62. The first kappa shape index (κ1) is 13.5. The fourth-order valence-electron chi connectivity index (χ4n) is 3.27. The Hall–Kier alpha value is -0.530. The molecule has 106 valence electrons. The van der Waals surface area contributed by atoms with Gasteiger partial charge >= 0.3 is 0 Å². The average Bonchev–Trinajstić information content (AvgIpc) is 2.95. The third kappa shape index (κ3) is 2.83. The number of nitrogens with two attached hydrogens (primary N) is 1. The molecule has 0 radical (unpaired) electrons. The fourth-order valence-corrected chi connectivity index (χ4v) is 4.04. The van der Waals surface area contributed by atoms with Crippen molar-refractivity contribution in [3.63, 3.8) is 0 Å². The van der Waals surface area contributed by atoms with E-state index in [-0.39, 0.29) is 11.6 Å². The Bertz CT molecular complexity index is 387. The van der Waals surface area contributed by atoms with Crippen molar-refractivity contribution < 1.29 is 9.47 Å². The molecule has 1 spiro atoms. The van der Waals surface area contributed by atoms with Crippen LogP contribution in [0, 0.1) is 5.92 Å². The number of hydrogen-bond acceptors (Lipinski definition) is 6. The molecule has 3 N–H and O–H groups in total. The van der Waals surface area contributed by atoms with E-state index in [0.717, 1.165) is 45.5 Å². The number of nitrogens with one attached hydrogen (secondary N) is 1. The molecule has 6 heteroatoms. The molecule has 1 aromatic heterocycles. The van der Waals surface area contributed by atoms with E-state index in [1.165, 1.54) is 4.88 Å². The molecule has 0 aliphatic carbocycles. The van der Waals surface area contributed by atoms with Gasteiger partial charge in [0.05, 0.1) is 17.2 Å². The van der Waals surface area contributed by atoms with Gasteiger partial charge in [0.2, 0.25) is 0 Å². The van der Waals surface area contributed by atoms with Gasteiger partial charge in [0.25, 0.3) is 0 Å². The minimum atomic E-state index is 0.0148. The second kappa shape index (κ2) is 5.85. The summed E-state index contributed by atoms with van der Waals surface area (Å²) < 4.78 is 11.6. The van der Waals surface area contributed by atoms with E-state index in [4.69, 9.17) is 15.3 Å². The Labute approximate surface area is 117 Å².